The van der Waals surface area contributed by atoms with Crippen LogP contribution >= 0.6 is 12.2 Å². The van der Waals surface area contributed by atoms with Crippen molar-refractivity contribution in [1.82, 2.24) is 5.32 Å². The van der Waals surface area contributed by atoms with Gasteiger partial charge in [0.2, 0.25) is 0 Å². The van der Waals surface area contributed by atoms with E-state index >= 15 is 0 Å². The van der Waals surface area contributed by atoms with Crippen LogP contribution in [-0.2, 0) is 4.74 Å². The van der Waals surface area contributed by atoms with Crippen LogP contribution in [0.25, 0.3) is 0 Å². The van der Waals surface area contributed by atoms with Crippen LogP contribution < -0.4 is 5.32 Å². The zero-order valence-corrected chi connectivity index (χ0v) is 4.05. The monoisotopic (exact) mass is 103 g/mol. The first-order valence-electron chi connectivity index (χ1n) is 1.80. The molecule has 1 heterocycles. The molecule has 0 aliphatic carbocycles. The van der Waals surface area contributed by atoms with Gasteiger partial charge in [-0.25, -0.2) is 0 Å². The average molecular weight is 103 g/mol. The van der Waals surface area contributed by atoms with Crippen LogP contribution in [0.15, 0.2) is 0 Å². The molecule has 1 aliphatic rings. The van der Waals surface area contributed by atoms with Gasteiger partial charge in [-0.2, -0.15) is 0 Å². The summed E-state index contributed by atoms with van der Waals surface area (Å²) in [6, 6.07) is 0. The summed E-state index contributed by atoms with van der Waals surface area (Å²) in [4.78, 5) is 0. The van der Waals surface area contributed by atoms with Crippen molar-refractivity contribution in [3.63, 3.8) is 0 Å². The van der Waals surface area contributed by atoms with Crippen molar-refractivity contribution >= 4 is 17.4 Å². The topological polar surface area (TPSA) is 21.3 Å². The molecule has 1 saturated heterocycles. The highest BCUT2D eigenvalue weighted by atomic mass is 32.1. The third-order valence-corrected chi connectivity index (χ3v) is 0.867. The molecule has 0 atom stereocenters. The van der Waals surface area contributed by atoms with Gasteiger partial charge in [-0.15, -0.1) is 0 Å². The lowest BCUT2D eigenvalue weighted by Crippen LogP contribution is -2.11. The molecule has 3 heteroatoms. The van der Waals surface area contributed by atoms with Crippen molar-refractivity contribution in [1.29, 1.82) is 0 Å². The average Bonchev–Trinajstić information content (AvgIpc) is 1.86. The van der Waals surface area contributed by atoms with Crippen LogP contribution in [0.3, 0.4) is 0 Å². The smallest absolute Gasteiger partial charge is 0.256 e. The van der Waals surface area contributed by atoms with Gasteiger partial charge >= 0.3 is 0 Å². The fourth-order valence-corrected chi connectivity index (χ4v) is 0.533. The van der Waals surface area contributed by atoms with Gasteiger partial charge < -0.3 is 10.1 Å². The fraction of sp³-hybridized carbons (Fsp3) is 0.667. The third-order valence-electron chi connectivity index (χ3n) is 0.605. The molecule has 0 aromatic carbocycles. The Morgan fingerprint density at radius 3 is 2.83 bits per heavy atom. The second-order valence-corrected chi connectivity index (χ2v) is 1.43. The minimum atomic E-state index is 0.537. The van der Waals surface area contributed by atoms with Crippen LogP contribution in [0, 0.1) is 0 Å². The third kappa shape index (κ3) is 0.597. The molecule has 6 heavy (non-hydrogen) atoms. The van der Waals surface area contributed by atoms with Crippen LogP contribution in [0.5, 0.6) is 0 Å². The van der Waals surface area contributed by atoms with Crippen LogP contribution in [0.1, 0.15) is 0 Å². The molecule has 0 amide bonds. The lowest BCUT2D eigenvalue weighted by Gasteiger charge is -1.85. The molecule has 0 aromatic rings. The lowest BCUT2D eigenvalue weighted by molar-refractivity contribution is 0.361. The van der Waals surface area contributed by atoms with Crippen molar-refractivity contribution in [3.05, 3.63) is 0 Å². The van der Waals surface area contributed by atoms with Gasteiger partial charge in [-0.1, -0.05) is 0 Å². The molecule has 1 fully saturated rings. The van der Waals surface area contributed by atoms with Crippen molar-refractivity contribution < 1.29 is 4.74 Å². The summed E-state index contributed by atoms with van der Waals surface area (Å²) in [6.45, 7) is 1.61. The Hall–Kier alpha value is -0.310. The summed E-state index contributed by atoms with van der Waals surface area (Å²) in [5.41, 5.74) is 0. The van der Waals surface area contributed by atoms with Gasteiger partial charge in [0.05, 0.1) is 6.54 Å². The molecule has 34 valence electrons. The quantitative estimate of drug-likeness (QED) is 0.432. The molecule has 0 aromatic heterocycles. The normalized spacial score (nSPS) is 19.7. The van der Waals surface area contributed by atoms with Gasteiger partial charge in [0.15, 0.2) is 0 Å². The lowest BCUT2D eigenvalue weighted by atomic mass is 10.7. The molecule has 0 saturated carbocycles. The Labute approximate surface area is 41.5 Å². The van der Waals surface area contributed by atoms with E-state index in [4.69, 9.17) is 4.74 Å². The van der Waals surface area contributed by atoms with Crippen LogP contribution in [0.2, 0.25) is 0 Å². The highest BCUT2D eigenvalue weighted by molar-refractivity contribution is 7.80. The molecule has 2 nitrogen and oxygen atoms in total. The van der Waals surface area contributed by atoms with E-state index in [0.29, 0.717) is 5.17 Å². The van der Waals surface area contributed by atoms with Gasteiger partial charge in [0.25, 0.3) is 5.17 Å². The van der Waals surface area contributed by atoms with Crippen LogP contribution in [0.4, 0.5) is 0 Å². The molecule has 0 bridgehead atoms. The summed E-state index contributed by atoms with van der Waals surface area (Å²) in [5.74, 6) is 0. The summed E-state index contributed by atoms with van der Waals surface area (Å²) < 4.78 is 4.77. The summed E-state index contributed by atoms with van der Waals surface area (Å²) in [5, 5.41) is 3.37. The summed E-state index contributed by atoms with van der Waals surface area (Å²) >= 11 is 4.59. The molecule has 0 unspecified atom stereocenters. The number of thiocarbonyl (C=S) groups is 1. The fourth-order valence-electron chi connectivity index (χ4n) is 0.348. The molecule has 1 rings (SSSR count). The first kappa shape index (κ1) is 3.87. The molecule has 0 radical (unpaired) electrons. The predicted octanol–water partition coefficient (Wildman–Crippen LogP) is -0.109. The van der Waals surface area contributed by atoms with Crippen LogP contribution in [-0.4, -0.2) is 18.3 Å². The van der Waals surface area contributed by atoms with Crippen molar-refractivity contribution in [3.8, 4) is 0 Å². The van der Waals surface area contributed by atoms with Crippen molar-refractivity contribution in [2.24, 2.45) is 0 Å². The Balaban J connectivity index is 2.37. The predicted molar refractivity (Wildman–Crippen MR) is 26.6 cm³/mol. The van der Waals surface area contributed by atoms with E-state index in [-0.39, 0.29) is 0 Å². The largest absolute Gasteiger partial charge is 0.469 e. The Bertz CT molecular complexity index is 65.2. The first-order chi connectivity index (χ1) is 2.89. The van der Waals surface area contributed by atoms with E-state index in [1.54, 1.807) is 0 Å². The Morgan fingerprint density at radius 2 is 2.67 bits per heavy atom. The number of ether oxygens (including phenoxy) is 1. The summed E-state index contributed by atoms with van der Waals surface area (Å²) in [6.07, 6.45) is 0. The maximum Gasteiger partial charge on any atom is 0.256 e. The minimum absolute atomic E-state index is 0.537. The number of hydrogen-bond acceptors (Lipinski definition) is 2. The number of hydrogen-bond donors (Lipinski definition) is 1. The van der Waals surface area contributed by atoms with Gasteiger partial charge in [-0.3, -0.25) is 0 Å². The zero-order chi connectivity index (χ0) is 4.41. The maximum absolute atomic E-state index is 4.77. The second kappa shape index (κ2) is 1.43. The van der Waals surface area contributed by atoms with E-state index < -0.39 is 0 Å². The van der Waals surface area contributed by atoms with Crippen molar-refractivity contribution in [2.75, 3.05) is 13.2 Å². The van der Waals surface area contributed by atoms with E-state index in [1.165, 1.54) is 0 Å². The number of nitrogens with one attached hydrogen (secondary N) is 1. The Kier molecular flexibility index (Phi) is 0.919. The van der Waals surface area contributed by atoms with E-state index in [1.807, 2.05) is 0 Å². The second-order valence-electron chi connectivity index (χ2n) is 1.06. The highest BCUT2D eigenvalue weighted by Gasteiger charge is 2.01. The van der Waals surface area contributed by atoms with E-state index in [2.05, 4.69) is 17.5 Å². The van der Waals surface area contributed by atoms with Gasteiger partial charge in [0.1, 0.15) is 6.61 Å². The maximum atomic E-state index is 4.77. The Morgan fingerprint density at radius 1 is 1.83 bits per heavy atom. The van der Waals surface area contributed by atoms with Gasteiger partial charge in [-0.05, 0) is 12.2 Å². The molecule has 0 spiro atoms. The standard InChI is InChI=1S/C3H5NOS/c6-3-4-1-2-5-3/h1-2H2,(H,4,6). The molecular weight excluding hydrogens is 98.1 g/mol. The van der Waals surface area contributed by atoms with E-state index in [9.17, 15) is 0 Å². The van der Waals surface area contributed by atoms with Crippen molar-refractivity contribution in [2.45, 2.75) is 0 Å². The zero-order valence-electron chi connectivity index (χ0n) is 3.23. The number of rotatable bonds is 0. The molecule has 1 N–H and O–H groups in total. The summed E-state index contributed by atoms with van der Waals surface area (Å²) in [7, 11) is 0. The molecule has 1 aliphatic heterocycles. The van der Waals surface area contributed by atoms with E-state index in [0.717, 1.165) is 13.2 Å². The SMILES string of the molecule is S=C1NCCO1. The highest BCUT2D eigenvalue weighted by Crippen LogP contribution is 1.83. The minimum Gasteiger partial charge on any atom is -0.469 e. The van der Waals surface area contributed by atoms with Gasteiger partial charge in [0, 0.05) is 0 Å². The molecular formula is C3H5NOS. The first-order valence-corrected chi connectivity index (χ1v) is 2.21.